The summed E-state index contributed by atoms with van der Waals surface area (Å²) in [6, 6.07) is 3.73. The summed E-state index contributed by atoms with van der Waals surface area (Å²) in [6.45, 7) is 3.98. The van der Waals surface area contributed by atoms with Crippen LogP contribution >= 0.6 is 15.9 Å². The summed E-state index contributed by atoms with van der Waals surface area (Å²) in [5.41, 5.74) is 1.90. The van der Waals surface area contributed by atoms with E-state index in [1.54, 1.807) is 6.92 Å². The molecule has 0 unspecified atom stereocenters. The monoisotopic (exact) mass is 282 g/mol. The molecule has 0 N–H and O–H groups in total. The number of pyridine rings is 1. The van der Waals surface area contributed by atoms with Gasteiger partial charge in [-0.1, -0.05) is 0 Å². The molecular weight excluding hydrogens is 272 g/mol. The Balaban J connectivity index is 2.56. The minimum absolute atomic E-state index is 0.357. The largest absolute Gasteiger partial charge is 0.461 e. The van der Waals surface area contributed by atoms with Crippen molar-refractivity contribution in [2.24, 2.45) is 0 Å². The summed E-state index contributed by atoms with van der Waals surface area (Å²) >= 11 is 3.38. The molecule has 2 heterocycles. The number of hydrogen-bond acceptors (Lipinski definition) is 3. The summed E-state index contributed by atoms with van der Waals surface area (Å²) in [5, 5.41) is 0. The van der Waals surface area contributed by atoms with Crippen LogP contribution in [0.15, 0.2) is 22.8 Å². The average Bonchev–Trinajstić information content (AvgIpc) is 2.57. The number of aromatic nitrogens is 2. The molecule has 2 rings (SSSR count). The van der Waals surface area contributed by atoms with Crippen LogP contribution in [0.2, 0.25) is 0 Å². The van der Waals surface area contributed by atoms with Crippen LogP contribution in [0, 0.1) is 6.92 Å². The maximum Gasteiger partial charge on any atom is 0.358 e. The third kappa shape index (κ3) is 1.82. The van der Waals surface area contributed by atoms with Crippen molar-refractivity contribution in [3.05, 3.63) is 34.2 Å². The molecule has 4 nitrogen and oxygen atoms in total. The van der Waals surface area contributed by atoms with Crippen molar-refractivity contribution >= 4 is 27.5 Å². The number of nitrogens with zero attached hydrogens (tertiary/aromatic N) is 2. The second kappa shape index (κ2) is 4.25. The van der Waals surface area contributed by atoms with Gasteiger partial charge in [0.1, 0.15) is 5.65 Å². The maximum atomic E-state index is 11.6. The van der Waals surface area contributed by atoms with E-state index in [9.17, 15) is 4.79 Å². The average molecular weight is 283 g/mol. The SMILES string of the molecule is CCOC(=O)c1nc2ccc(Br)cn2c1C. The lowest BCUT2D eigenvalue weighted by Crippen LogP contribution is -2.06. The predicted octanol–water partition coefficient (Wildman–Crippen LogP) is 2.58. The zero-order valence-electron chi connectivity index (χ0n) is 9.03. The molecule has 0 atom stereocenters. The van der Waals surface area contributed by atoms with Gasteiger partial charge in [0.2, 0.25) is 0 Å². The second-order valence-corrected chi connectivity index (χ2v) is 4.26. The Bertz CT molecular complexity index is 548. The minimum Gasteiger partial charge on any atom is -0.461 e. The highest BCUT2D eigenvalue weighted by Gasteiger charge is 2.16. The first-order valence-corrected chi connectivity index (χ1v) is 5.74. The van der Waals surface area contributed by atoms with Crippen molar-refractivity contribution in [3.8, 4) is 0 Å². The van der Waals surface area contributed by atoms with Crippen molar-refractivity contribution in [3.63, 3.8) is 0 Å². The van der Waals surface area contributed by atoms with Gasteiger partial charge in [0.05, 0.1) is 12.3 Å². The Morgan fingerprint density at radius 2 is 2.31 bits per heavy atom. The molecule has 5 heteroatoms. The van der Waals surface area contributed by atoms with Gasteiger partial charge in [0.25, 0.3) is 0 Å². The van der Waals surface area contributed by atoms with E-state index >= 15 is 0 Å². The zero-order valence-corrected chi connectivity index (χ0v) is 10.6. The van der Waals surface area contributed by atoms with Crippen LogP contribution in [0.4, 0.5) is 0 Å². The Labute approximate surface area is 101 Å². The number of carbonyl (C=O) groups excluding carboxylic acids is 1. The summed E-state index contributed by atoms with van der Waals surface area (Å²) in [7, 11) is 0. The molecule has 84 valence electrons. The zero-order chi connectivity index (χ0) is 11.7. The molecule has 0 aliphatic rings. The first kappa shape index (κ1) is 11.1. The first-order valence-electron chi connectivity index (χ1n) is 4.94. The van der Waals surface area contributed by atoms with Gasteiger partial charge in [-0.25, -0.2) is 9.78 Å². The molecule has 0 saturated heterocycles. The van der Waals surface area contributed by atoms with Gasteiger partial charge in [-0.05, 0) is 41.9 Å². The van der Waals surface area contributed by atoms with Crippen LogP contribution in [-0.2, 0) is 4.74 Å². The molecule has 0 bridgehead atoms. The summed E-state index contributed by atoms with van der Waals surface area (Å²) in [6.07, 6.45) is 1.88. The van der Waals surface area contributed by atoms with Gasteiger partial charge in [-0.2, -0.15) is 0 Å². The van der Waals surface area contributed by atoms with Crippen molar-refractivity contribution in [1.29, 1.82) is 0 Å². The molecule has 0 spiro atoms. The molecule has 0 radical (unpaired) electrons. The van der Waals surface area contributed by atoms with E-state index in [1.165, 1.54) is 0 Å². The van der Waals surface area contributed by atoms with E-state index < -0.39 is 0 Å². The van der Waals surface area contributed by atoms with E-state index in [1.807, 2.05) is 29.7 Å². The highest BCUT2D eigenvalue weighted by molar-refractivity contribution is 9.10. The second-order valence-electron chi connectivity index (χ2n) is 3.34. The summed E-state index contributed by atoms with van der Waals surface area (Å²) in [5.74, 6) is -0.375. The van der Waals surface area contributed by atoms with Crippen molar-refractivity contribution in [2.45, 2.75) is 13.8 Å². The van der Waals surface area contributed by atoms with E-state index in [4.69, 9.17) is 4.74 Å². The normalized spacial score (nSPS) is 10.7. The van der Waals surface area contributed by atoms with E-state index in [0.29, 0.717) is 12.3 Å². The Hall–Kier alpha value is -1.36. The number of rotatable bonds is 2. The van der Waals surface area contributed by atoms with Gasteiger partial charge in [0, 0.05) is 10.7 Å². The smallest absolute Gasteiger partial charge is 0.358 e. The van der Waals surface area contributed by atoms with Crippen LogP contribution in [-0.4, -0.2) is 22.0 Å². The minimum atomic E-state index is -0.375. The topological polar surface area (TPSA) is 43.6 Å². The number of aryl methyl sites for hydroxylation is 1. The molecule has 0 fully saturated rings. The molecule has 16 heavy (non-hydrogen) atoms. The van der Waals surface area contributed by atoms with Crippen molar-refractivity contribution < 1.29 is 9.53 Å². The van der Waals surface area contributed by atoms with Crippen LogP contribution < -0.4 is 0 Å². The van der Waals surface area contributed by atoms with Gasteiger partial charge in [-0.3, -0.25) is 0 Å². The quantitative estimate of drug-likeness (QED) is 0.796. The highest BCUT2D eigenvalue weighted by Crippen LogP contribution is 2.16. The van der Waals surface area contributed by atoms with Gasteiger partial charge >= 0.3 is 5.97 Å². The third-order valence-electron chi connectivity index (χ3n) is 2.29. The highest BCUT2D eigenvalue weighted by atomic mass is 79.9. The third-order valence-corrected chi connectivity index (χ3v) is 2.76. The summed E-state index contributed by atoms with van der Waals surface area (Å²) in [4.78, 5) is 15.8. The molecule has 0 aliphatic heterocycles. The van der Waals surface area contributed by atoms with Gasteiger partial charge < -0.3 is 9.14 Å². The number of halogens is 1. The molecule has 0 amide bonds. The van der Waals surface area contributed by atoms with E-state index in [0.717, 1.165) is 15.8 Å². The van der Waals surface area contributed by atoms with Gasteiger partial charge in [-0.15, -0.1) is 0 Å². The predicted molar refractivity (Wildman–Crippen MR) is 63.6 cm³/mol. The first-order chi connectivity index (χ1) is 7.63. The fraction of sp³-hybridized carbons (Fsp3) is 0.273. The fourth-order valence-corrected chi connectivity index (χ4v) is 1.87. The van der Waals surface area contributed by atoms with Crippen LogP contribution in [0.3, 0.4) is 0 Å². The van der Waals surface area contributed by atoms with E-state index in [2.05, 4.69) is 20.9 Å². The van der Waals surface area contributed by atoms with Crippen molar-refractivity contribution in [1.82, 2.24) is 9.38 Å². The Morgan fingerprint density at radius 3 is 3.00 bits per heavy atom. The molecule has 0 saturated carbocycles. The Kier molecular flexibility index (Phi) is 2.96. The molecule has 2 aromatic heterocycles. The standard InChI is InChI=1S/C11H11BrN2O2/c1-3-16-11(15)10-7(2)14-6-8(12)4-5-9(14)13-10/h4-6H,3H2,1-2H3. The number of esters is 1. The van der Waals surface area contributed by atoms with Crippen LogP contribution in [0.5, 0.6) is 0 Å². The van der Waals surface area contributed by atoms with E-state index in [-0.39, 0.29) is 5.97 Å². The van der Waals surface area contributed by atoms with Crippen molar-refractivity contribution in [2.75, 3.05) is 6.61 Å². The number of imidazole rings is 1. The molecular formula is C11H11BrN2O2. The molecule has 0 aliphatic carbocycles. The summed E-state index contributed by atoms with van der Waals surface area (Å²) < 4.78 is 7.74. The van der Waals surface area contributed by atoms with Crippen LogP contribution in [0.1, 0.15) is 23.1 Å². The Morgan fingerprint density at radius 1 is 1.56 bits per heavy atom. The van der Waals surface area contributed by atoms with Crippen LogP contribution in [0.25, 0.3) is 5.65 Å². The van der Waals surface area contributed by atoms with Gasteiger partial charge in [0.15, 0.2) is 5.69 Å². The maximum absolute atomic E-state index is 11.6. The number of carbonyl (C=O) groups is 1. The number of ether oxygens (including phenoxy) is 1. The molecule has 0 aromatic carbocycles. The fourth-order valence-electron chi connectivity index (χ4n) is 1.53. The lowest BCUT2D eigenvalue weighted by molar-refractivity contribution is 0.0519. The lowest BCUT2D eigenvalue weighted by atomic mass is 10.3. The molecule has 2 aromatic rings. The number of hydrogen-bond donors (Lipinski definition) is 0. The number of fused-ring (bicyclic) bond motifs is 1. The lowest BCUT2D eigenvalue weighted by Gasteiger charge is -1.99.